The lowest BCUT2D eigenvalue weighted by molar-refractivity contribution is -0.143. The first-order valence-electron chi connectivity index (χ1n) is 14.2. The van der Waals surface area contributed by atoms with Gasteiger partial charge in [0.1, 0.15) is 6.61 Å². The lowest BCUT2D eigenvalue weighted by Gasteiger charge is -2.47. The maximum Gasteiger partial charge on any atom is 0.311 e. The fourth-order valence-corrected chi connectivity index (χ4v) is 6.33. The number of ether oxygens (including phenoxy) is 3. The molecule has 2 heterocycles. The number of para-hydroxylation sites is 2. The van der Waals surface area contributed by atoms with Crippen molar-refractivity contribution in [2.24, 2.45) is 0 Å². The van der Waals surface area contributed by atoms with E-state index in [1.165, 1.54) is 0 Å². The fraction of sp³-hybridized carbons (Fsp3) is 0.500. The summed E-state index contributed by atoms with van der Waals surface area (Å²) in [5, 5.41) is 1.88. The normalized spacial score (nSPS) is 18.2. The highest BCUT2D eigenvalue weighted by Gasteiger charge is 2.59. The summed E-state index contributed by atoms with van der Waals surface area (Å²) in [6, 6.07) is 13.9. The third-order valence-electron chi connectivity index (χ3n) is 7.75. The maximum atomic E-state index is 12.7. The zero-order valence-corrected chi connectivity index (χ0v) is 26.6. The predicted molar refractivity (Wildman–Crippen MR) is 167 cm³/mol. The highest BCUT2D eigenvalue weighted by Crippen LogP contribution is 2.55. The summed E-state index contributed by atoms with van der Waals surface area (Å²) in [6.45, 7) is 5.03. The van der Waals surface area contributed by atoms with Gasteiger partial charge in [0.15, 0.2) is 11.5 Å². The molecule has 8 heteroatoms. The summed E-state index contributed by atoms with van der Waals surface area (Å²) in [4.78, 5) is 27.3. The summed E-state index contributed by atoms with van der Waals surface area (Å²) >= 11 is 6.86. The van der Waals surface area contributed by atoms with Crippen LogP contribution in [0.4, 0.5) is 5.69 Å². The molecule has 216 valence electrons. The number of fused-ring (bicyclic) bond motifs is 2. The van der Waals surface area contributed by atoms with Crippen LogP contribution in [0.25, 0.3) is 6.08 Å². The molecule has 4 rings (SSSR count). The monoisotopic (exact) mass is 675 g/mol. The molecular formula is C32H39Br2NO5. The molecule has 0 N–H and O–H groups in total. The maximum absolute atomic E-state index is 12.7. The van der Waals surface area contributed by atoms with Gasteiger partial charge in [-0.2, -0.15) is 0 Å². The van der Waals surface area contributed by atoms with E-state index in [1.807, 2.05) is 30.3 Å². The lowest BCUT2D eigenvalue weighted by Crippen LogP contribution is -2.60. The van der Waals surface area contributed by atoms with Crippen molar-refractivity contribution in [2.75, 3.05) is 28.7 Å². The first-order valence-corrected chi connectivity index (χ1v) is 16.4. The Hall–Kier alpha value is -2.32. The zero-order chi connectivity index (χ0) is 28.6. The van der Waals surface area contributed by atoms with E-state index in [1.54, 1.807) is 6.07 Å². The summed E-state index contributed by atoms with van der Waals surface area (Å²) in [7, 11) is 0. The molecule has 2 aliphatic heterocycles. The molecule has 0 fully saturated rings. The molecule has 0 aliphatic carbocycles. The van der Waals surface area contributed by atoms with Gasteiger partial charge in [0.05, 0.1) is 12.0 Å². The Morgan fingerprint density at radius 1 is 0.875 bits per heavy atom. The number of anilines is 1. The number of carbonyl (C=O) groups excluding carboxylic acids is 2. The van der Waals surface area contributed by atoms with Gasteiger partial charge in [0.25, 0.3) is 0 Å². The van der Waals surface area contributed by atoms with Gasteiger partial charge in [0.2, 0.25) is 5.72 Å². The largest absolute Gasteiger partial charge is 0.464 e. The van der Waals surface area contributed by atoms with Gasteiger partial charge in [-0.15, -0.1) is 0 Å². The number of halogens is 2. The Balaban J connectivity index is 1.55. The minimum Gasteiger partial charge on any atom is -0.464 e. The number of nitrogens with zero attached hydrogens (tertiary/aromatic N) is 1. The molecule has 1 spiro atoms. The van der Waals surface area contributed by atoms with E-state index in [0.29, 0.717) is 30.9 Å². The first kappa shape index (κ1) is 30.6. The second-order valence-corrected chi connectivity index (χ2v) is 12.4. The van der Waals surface area contributed by atoms with Crippen LogP contribution >= 0.6 is 31.9 Å². The van der Waals surface area contributed by atoms with Crippen LogP contribution in [0.2, 0.25) is 0 Å². The number of esters is 2. The molecule has 2 aliphatic rings. The van der Waals surface area contributed by atoms with Crippen molar-refractivity contribution in [1.29, 1.82) is 0 Å². The molecule has 6 nitrogen and oxygen atoms in total. The number of alkyl halides is 2. The minimum absolute atomic E-state index is 0.175. The number of rotatable bonds is 14. The quantitative estimate of drug-likeness (QED) is 0.0876. The molecule has 0 aromatic heterocycles. The van der Waals surface area contributed by atoms with Gasteiger partial charge in [0, 0.05) is 34.8 Å². The van der Waals surface area contributed by atoms with Gasteiger partial charge < -0.3 is 19.1 Å². The van der Waals surface area contributed by atoms with Crippen molar-refractivity contribution in [3.8, 4) is 11.5 Å². The van der Waals surface area contributed by atoms with Gasteiger partial charge in [-0.25, -0.2) is 0 Å². The SMILES string of the molecule is CC1(C)c2ccccc2N(CCOC(=O)CCCCCBr)C12C=Cc1cccc(OC(=O)CCCCCBr)c1O2. The fourth-order valence-electron chi connectivity index (χ4n) is 5.54. The number of carbonyl (C=O) groups is 2. The summed E-state index contributed by atoms with van der Waals surface area (Å²) < 4.78 is 18.4. The average molecular weight is 677 g/mol. The van der Waals surface area contributed by atoms with Crippen molar-refractivity contribution in [2.45, 2.75) is 76.4 Å². The summed E-state index contributed by atoms with van der Waals surface area (Å²) in [5.74, 6) is 0.539. The second kappa shape index (κ2) is 14.0. The Kier molecular flexibility index (Phi) is 10.7. The van der Waals surface area contributed by atoms with Crippen LogP contribution in [0.15, 0.2) is 48.5 Å². The van der Waals surface area contributed by atoms with Crippen LogP contribution in [0.5, 0.6) is 11.5 Å². The molecule has 40 heavy (non-hydrogen) atoms. The third-order valence-corrected chi connectivity index (χ3v) is 8.87. The number of hydrogen-bond acceptors (Lipinski definition) is 6. The topological polar surface area (TPSA) is 65.1 Å². The lowest BCUT2D eigenvalue weighted by atomic mass is 9.76. The average Bonchev–Trinajstić information content (AvgIpc) is 3.12. The highest BCUT2D eigenvalue weighted by molar-refractivity contribution is 9.09. The van der Waals surface area contributed by atoms with Crippen molar-refractivity contribution in [1.82, 2.24) is 0 Å². The van der Waals surface area contributed by atoms with Crippen LogP contribution in [0.1, 0.15) is 76.3 Å². The van der Waals surface area contributed by atoms with Crippen LogP contribution in [-0.4, -0.2) is 41.5 Å². The number of benzene rings is 2. The standard InChI is InChI=1S/C32H39Br2NO5/c1-31(2)25-13-7-8-14-26(25)35(22-23-38-28(36)16-5-3-9-20-33)32(31)19-18-24-12-11-15-27(30(24)40-32)39-29(37)17-6-4-10-21-34/h7-8,11-15,18-19H,3-6,9-10,16-17,20-23H2,1-2H3. The van der Waals surface area contributed by atoms with E-state index in [2.05, 4.69) is 68.8 Å². The Labute approximate surface area is 254 Å². The first-order chi connectivity index (χ1) is 19.3. The Morgan fingerprint density at radius 2 is 1.57 bits per heavy atom. The Bertz CT molecular complexity index is 1210. The van der Waals surface area contributed by atoms with Crippen molar-refractivity contribution >= 4 is 55.6 Å². The van der Waals surface area contributed by atoms with Gasteiger partial charge >= 0.3 is 11.9 Å². The molecule has 1 atom stereocenters. The molecule has 0 saturated heterocycles. The summed E-state index contributed by atoms with van der Waals surface area (Å²) in [6.07, 6.45) is 10.6. The second-order valence-electron chi connectivity index (χ2n) is 10.8. The number of hydrogen-bond donors (Lipinski definition) is 0. The van der Waals surface area contributed by atoms with E-state index >= 15 is 0 Å². The van der Waals surface area contributed by atoms with E-state index in [-0.39, 0.29) is 18.5 Å². The minimum atomic E-state index is -0.898. The van der Waals surface area contributed by atoms with E-state index < -0.39 is 11.1 Å². The van der Waals surface area contributed by atoms with E-state index in [0.717, 1.165) is 66.0 Å². The molecule has 0 amide bonds. The smallest absolute Gasteiger partial charge is 0.311 e. The zero-order valence-electron chi connectivity index (χ0n) is 23.4. The molecule has 0 saturated carbocycles. The molecule has 0 bridgehead atoms. The van der Waals surface area contributed by atoms with E-state index in [9.17, 15) is 9.59 Å². The van der Waals surface area contributed by atoms with Gasteiger partial charge in [-0.3, -0.25) is 9.59 Å². The predicted octanol–water partition coefficient (Wildman–Crippen LogP) is 7.95. The van der Waals surface area contributed by atoms with Gasteiger partial charge in [-0.1, -0.05) is 75.0 Å². The number of unbranched alkanes of at least 4 members (excludes halogenated alkanes) is 4. The van der Waals surface area contributed by atoms with Crippen LogP contribution in [0.3, 0.4) is 0 Å². The van der Waals surface area contributed by atoms with Crippen LogP contribution < -0.4 is 14.4 Å². The highest BCUT2D eigenvalue weighted by atomic mass is 79.9. The van der Waals surface area contributed by atoms with Gasteiger partial charge in [-0.05, 0) is 69.4 Å². The van der Waals surface area contributed by atoms with Crippen molar-refractivity contribution in [3.05, 3.63) is 59.7 Å². The van der Waals surface area contributed by atoms with Crippen LogP contribution in [-0.2, 0) is 19.7 Å². The van der Waals surface area contributed by atoms with Crippen molar-refractivity contribution < 1.29 is 23.8 Å². The molecule has 2 aromatic carbocycles. The Morgan fingerprint density at radius 3 is 2.30 bits per heavy atom. The molecular weight excluding hydrogens is 638 g/mol. The molecule has 0 radical (unpaired) electrons. The summed E-state index contributed by atoms with van der Waals surface area (Å²) in [5.41, 5.74) is 1.69. The molecule has 1 unspecified atom stereocenters. The van der Waals surface area contributed by atoms with Crippen molar-refractivity contribution in [3.63, 3.8) is 0 Å². The third kappa shape index (κ3) is 6.59. The van der Waals surface area contributed by atoms with E-state index in [4.69, 9.17) is 14.2 Å². The van der Waals surface area contributed by atoms with Crippen LogP contribution in [0, 0.1) is 0 Å². The molecule has 2 aromatic rings.